The summed E-state index contributed by atoms with van der Waals surface area (Å²) in [6.45, 7) is 3.49. The first-order chi connectivity index (χ1) is 14.1. The van der Waals surface area contributed by atoms with E-state index in [1.54, 1.807) is 39.7 Å². The van der Waals surface area contributed by atoms with Gasteiger partial charge in [0, 0.05) is 25.8 Å². The van der Waals surface area contributed by atoms with Crippen LogP contribution in [0.25, 0.3) is 0 Å². The second-order valence-electron chi connectivity index (χ2n) is 6.61. The molecule has 0 atom stereocenters. The van der Waals surface area contributed by atoms with Crippen LogP contribution in [0.15, 0.2) is 30.5 Å². The van der Waals surface area contributed by atoms with Gasteiger partial charge >= 0.3 is 0 Å². The minimum Gasteiger partial charge on any atom is -0.493 e. The highest BCUT2D eigenvalue weighted by molar-refractivity contribution is 5.79. The quantitative estimate of drug-likeness (QED) is 0.722. The third-order valence-corrected chi connectivity index (χ3v) is 4.72. The Balaban J connectivity index is 1.61. The van der Waals surface area contributed by atoms with E-state index in [1.807, 2.05) is 12.1 Å². The maximum absolute atomic E-state index is 12.5. The van der Waals surface area contributed by atoms with E-state index in [0.29, 0.717) is 37.0 Å². The Labute approximate surface area is 170 Å². The van der Waals surface area contributed by atoms with Crippen molar-refractivity contribution in [1.82, 2.24) is 10.3 Å². The van der Waals surface area contributed by atoms with Crippen molar-refractivity contribution >= 4 is 11.7 Å². The highest BCUT2D eigenvalue weighted by Gasteiger charge is 2.15. The van der Waals surface area contributed by atoms with Crippen molar-refractivity contribution in [2.24, 2.45) is 0 Å². The normalized spacial score (nSPS) is 13.7. The Kier molecular flexibility index (Phi) is 7.13. The molecule has 0 spiro atoms. The van der Waals surface area contributed by atoms with Crippen LogP contribution < -0.4 is 24.4 Å². The molecule has 29 heavy (non-hydrogen) atoms. The van der Waals surface area contributed by atoms with E-state index in [4.69, 9.17) is 18.9 Å². The van der Waals surface area contributed by atoms with E-state index >= 15 is 0 Å². The third-order valence-electron chi connectivity index (χ3n) is 4.72. The molecule has 0 unspecified atom stereocenters. The number of aromatic nitrogens is 1. The monoisotopic (exact) mass is 401 g/mol. The van der Waals surface area contributed by atoms with Crippen LogP contribution in [0.3, 0.4) is 0 Å². The van der Waals surface area contributed by atoms with Gasteiger partial charge in [-0.15, -0.1) is 0 Å². The van der Waals surface area contributed by atoms with Crippen molar-refractivity contribution in [2.75, 3.05) is 52.5 Å². The van der Waals surface area contributed by atoms with Gasteiger partial charge in [-0.05, 0) is 35.4 Å². The van der Waals surface area contributed by atoms with Gasteiger partial charge in [0.25, 0.3) is 0 Å². The molecule has 2 aromatic rings. The molecule has 1 aliphatic rings. The maximum atomic E-state index is 12.5. The number of anilines is 1. The van der Waals surface area contributed by atoms with Crippen molar-refractivity contribution in [3.8, 4) is 17.2 Å². The number of amides is 1. The van der Waals surface area contributed by atoms with Crippen molar-refractivity contribution in [3.05, 3.63) is 41.6 Å². The standard InChI is InChI=1S/C21H27N3O5/c1-26-17-10-16(11-18(27-2)21(17)28-3)13-20(25)23-14-15-4-5-22-19(12-15)24-6-8-29-9-7-24/h4-5,10-12H,6-9,13-14H2,1-3H3,(H,23,25). The molecule has 0 bridgehead atoms. The summed E-state index contributed by atoms with van der Waals surface area (Å²) in [6, 6.07) is 7.47. The number of pyridine rings is 1. The molecule has 1 aromatic heterocycles. The smallest absolute Gasteiger partial charge is 0.224 e. The number of nitrogens with one attached hydrogen (secondary N) is 1. The number of morpholine rings is 1. The molecule has 156 valence electrons. The van der Waals surface area contributed by atoms with E-state index in [2.05, 4.69) is 15.2 Å². The molecule has 0 radical (unpaired) electrons. The molecule has 3 rings (SSSR count). The molecular formula is C21H27N3O5. The fraction of sp³-hybridized carbons (Fsp3) is 0.429. The summed E-state index contributed by atoms with van der Waals surface area (Å²) in [7, 11) is 4.65. The zero-order chi connectivity index (χ0) is 20.6. The summed E-state index contributed by atoms with van der Waals surface area (Å²) in [5.41, 5.74) is 1.78. The molecule has 8 nitrogen and oxygen atoms in total. The largest absolute Gasteiger partial charge is 0.493 e. The number of ether oxygens (including phenoxy) is 4. The molecule has 1 saturated heterocycles. The van der Waals surface area contributed by atoms with Crippen molar-refractivity contribution in [2.45, 2.75) is 13.0 Å². The lowest BCUT2D eigenvalue weighted by Gasteiger charge is -2.28. The number of benzene rings is 1. The fourth-order valence-electron chi connectivity index (χ4n) is 3.22. The van der Waals surface area contributed by atoms with E-state index in [-0.39, 0.29) is 12.3 Å². The van der Waals surface area contributed by atoms with E-state index < -0.39 is 0 Å². The van der Waals surface area contributed by atoms with Gasteiger partial charge in [0.05, 0.1) is 41.0 Å². The summed E-state index contributed by atoms with van der Waals surface area (Å²) < 4.78 is 21.4. The lowest BCUT2D eigenvalue weighted by molar-refractivity contribution is -0.120. The van der Waals surface area contributed by atoms with Crippen LogP contribution in [-0.2, 0) is 22.5 Å². The number of hydrogen-bond acceptors (Lipinski definition) is 7. The first-order valence-electron chi connectivity index (χ1n) is 9.47. The van der Waals surface area contributed by atoms with E-state index in [0.717, 1.165) is 30.0 Å². The molecule has 1 N–H and O–H groups in total. The molecule has 0 saturated carbocycles. The first kappa shape index (κ1) is 20.7. The van der Waals surface area contributed by atoms with Gasteiger partial charge in [-0.2, -0.15) is 0 Å². The molecule has 2 heterocycles. The third kappa shape index (κ3) is 5.29. The highest BCUT2D eigenvalue weighted by Crippen LogP contribution is 2.38. The van der Waals surface area contributed by atoms with Crippen LogP contribution in [-0.4, -0.2) is 58.5 Å². The summed E-state index contributed by atoms with van der Waals surface area (Å²) in [6.07, 6.45) is 1.98. The molecular weight excluding hydrogens is 374 g/mol. The molecule has 1 aromatic carbocycles. The summed E-state index contributed by atoms with van der Waals surface area (Å²) in [5, 5.41) is 2.96. The number of methoxy groups -OCH3 is 3. The number of nitrogens with zero attached hydrogens (tertiary/aromatic N) is 2. The number of rotatable bonds is 8. The Bertz CT molecular complexity index is 812. The van der Waals surface area contributed by atoms with E-state index in [1.165, 1.54) is 0 Å². The summed E-state index contributed by atoms with van der Waals surface area (Å²) in [5.74, 6) is 2.37. The van der Waals surface area contributed by atoms with Crippen molar-refractivity contribution in [1.29, 1.82) is 0 Å². The van der Waals surface area contributed by atoms with Gasteiger partial charge in [-0.25, -0.2) is 4.98 Å². The van der Waals surface area contributed by atoms with Gasteiger partial charge in [0.2, 0.25) is 11.7 Å². The van der Waals surface area contributed by atoms with E-state index in [9.17, 15) is 4.79 Å². The minimum absolute atomic E-state index is 0.0935. The number of carbonyl (C=O) groups excluding carboxylic acids is 1. The zero-order valence-corrected chi connectivity index (χ0v) is 17.1. The Hall–Kier alpha value is -3.00. The van der Waals surface area contributed by atoms with Crippen LogP contribution in [0, 0.1) is 0 Å². The first-order valence-corrected chi connectivity index (χ1v) is 9.47. The lowest BCUT2D eigenvalue weighted by atomic mass is 10.1. The number of carbonyl (C=O) groups is 1. The highest BCUT2D eigenvalue weighted by atomic mass is 16.5. The molecule has 8 heteroatoms. The Morgan fingerprint density at radius 3 is 2.38 bits per heavy atom. The average Bonchev–Trinajstić information content (AvgIpc) is 2.77. The van der Waals surface area contributed by atoms with Crippen LogP contribution >= 0.6 is 0 Å². The van der Waals surface area contributed by atoms with Crippen LogP contribution in [0.4, 0.5) is 5.82 Å². The fourth-order valence-corrected chi connectivity index (χ4v) is 3.22. The lowest BCUT2D eigenvalue weighted by Crippen LogP contribution is -2.36. The predicted octanol–water partition coefficient (Wildman–Crippen LogP) is 1.80. The van der Waals surface area contributed by atoms with Crippen molar-refractivity contribution < 1.29 is 23.7 Å². The van der Waals surface area contributed by atoms with Gasteiger partial charge in [0.1, 0.15) is 5.82 Å². The Morgan fingerprint density at radius 2 is 1.76 bits per heavy atom. The van der Waals surface area contributed by atoms with Gasteiger partial charge in [0.15, 0.2) is 11.5 Å². The minimum atomic E-state index is -0.0935. The molecule has 1 aliphatic heterocycles. The summed E-state index contributed by atoms with van der Waals surface area (Å²) in [4.78, 5) is 19.1. The van der Waals surface area contributed by atoms with Crippen LogP contribution in [0.1, 0.15) is 11.1 Å². The zero-order valence-electron chi connectivity index (χ0n) is 17.1. The second kappa shape index (κ2) is 9.97. The van der Waals surface area contributed by atoms with Crippen molar-refractivity contribution in [3.63, 3.8) is 0 Å². The molecule has 0 aliphatic carbocycles. The van der Waals surface area contributed by atoms with Gasteiger partial charge in [-0.3, -0.25) is 4.79 Å². The number of hydrogen-bond donors (Lipinski definition) is 1. The van der Waals surface area contributed by atoms with Gasteiger partial charge in [-0.1, -0.05) is 0 Å². The molecule has 1 fully saturated rings. The average molecular weight is 401 g/mol. The van der Waals surface area contributed by atoms with Gasteiger partial charge < -0.3 is 29.2 Å². The molecule has 1 amide bonds. The second-order valence-corrected chi connectivity index (χ2v) is 6.61. The topological polar surface area (TPSA) is 82.2 Å². The summed E-state index contributed by atoms with van der Waals surface area (Å²) >= 11 is 0. The maximum Gasteiger partial charge on any atom is 0.224 e. The Morgan fingerprint density at radius 1 is 1.07 bits per heavy atom. The predicted molar refractivity (Wildman–Crippen MR) is 109 cm³/mol. The SMILES string of the molecule is COc1cc(CC(=O)NCc2ccnc(N3CCOCC3)c2)cc(OC)c1OC. The van der Waals surface area contributed by atoms with Crippen LogP contribution in [0.2, 0.25) is 0 Å². The van der Waals surface area contributed by atoms with Crippen LogP contribution in [0.5, 0.6) is 17.2 Å².